The molecule has 0 spiro atoms. The molecule has 5 heteroatoms. The van der Waals surface area contributed by atoms with Gasteiger partial charge >= 0.3 is 0 Å². The van der Waals surface area contributed by atoms with Crippen molar-refractivity contribution in [1.82, 2.24) is 20.1 Å². The van der Waals surface area contributed by atoms with Crippen LogP contribution in [0.1, 0.15) is 62.6 Å². The number of nitrogens with zero attached hydrogens (tertiary/aromatic N) is 3. The lowest BCUT2D eigenvalue weighted by atomic mass is 9.93. The van der Waals surface area contributed by atoms with E-state index in [9.17, 15) is 0 Å². The predicted molar refractivity (Wildman–Crippen MR) is 88.9 cm³/mol. The SMILES string of the molecule is Cc1nn(C)cc1C(NC(C)C)c1nc(C(C)(C)C)cs1. The summed E-state index contributed by atoms with van der Waals surface area (Å²) in [5.74, 6) is 0. The van der Waals surface area contributed by atoms with Gasteiger partial charge in [0.1, 0.15) is 5.01 Å². The van der Waals surface area contributed by atoms with Crippen LogP contribution >= 0.6 is 11.3 Å². The molecule has 0 bridgehead atoms. The van der Waals surface area contributed by atoms with E-state index >= 15 is 0 Å². The molecule has 0 aliphatic rings. The maximum atomic E-state index is 4.88. The van der Waals surface area contributed by atoms with E-state index in [2.05, 4.69) is 63.5 Å². The van der Waals surface area contributed by atoms with Crippen molar-refractivity contribution < 1.29 is 0 Å². The van der Waals surface area contributed by atoms with Crippen LogP contribution in [-0.4, -0.2) is 20.8 Å². The monoisotopic (exact) mass is 306 g/mol. The molecule has 2 heterocycles. The van der Waals surface area contributed by atoms with Crippen LogP contribution in [0.4, 0.5) is 0 Å². The van der Waals surface area contributed by atoms with Gasteiger partial charge in [-0.3, -0.25) is 4.68 Å². The highest BCUT2D eigenvalue weighted by molar-refractivity contribution is 7.09. The second-order valence-corrected chi connectivity index (χ2v) is 7.81. The van der Waals surface area contributed by atoms with Gasteiger partial charge in [-0.05, 0) is 20.8 Å². The Morgan fingerprint density at radius 3 is 2.38 bits per heavy atom. The number of aryl methyl sites for hydroxylation is 2. The van der Waals surface area contributed by atoms with Crippen molar-refractivity contribution in [3.8, 4) is 0 Å². The zero-order valence-corrected chi connectivity index (χ0v) is 14.9. The van der Waals surface area contributed by atoms with Crippen LogP contribution in [0.15, 0.2) is 11.6 Å². The van der Waals surface area contributed by atoms with Gasteiger partial charge in [0.25, 0.3) is 0 Å². The van der Waals surface area contributed by atoms with Crippen molar-refractivity contribution in [2.24, 2.45) is 7.05 Å². The first-order valence-electron chi connectivity index (χ1n) is 7.40. The molecular weight excluding hydrogens is 280 g/mol. The van der Waals surface area contributed by atoms with E-state index in [1.165, 1.54) is 5.56 Å². The summed E-state index contributed by atoms with van der Waals surface area (Å²) in [4.78, 5) is 4.88. The predicted octanol–water partition coefficient (Wildman–Crippen LogP) is 3.57. The molecule has 0 saturated heterocycles. The highest BCUT2D eigenvalue weighted by atomic mass is 32.1. The summed E-state index contributed by atoms with van der Waals surface area (Å²) in [5.41, 5.74) is 3.50. The van der Waals surface area contributed by atoms with Crippen molar-refractivity contribution in [2.45, 2.75) is 59.0 Å². The standard InChI is InChI=1S/C16H26N4S/c1-10(2)17-14(12-8-20(7)19-11(12)3)15-18-13(9-21-15)16(4,5)6/h8-10,14,17H,1-7H3. The number of hydrogen-bond acceptors (Lipinski definition) is 4. The van der Waals surface area contributed by atoms with Gasteiger partial charge in [-0.15, -0.1) is 11.3 Å². The van der Waals surface area contributed by atoms with Gasteiger partial charge in [0, 0.05) is 35.6 Å². The third-order valence-electron chi connectivity index (χ3n) is 3.40. The van der Waals surface area contributed by atoms with E-state index in [0.29, 0.717) is 6.04 Å². The molecule has 0 aromatic carbocycles. The minimum atomic E-state index is 0.0844. The smallest absolute Gasteiger partial charge is 0.115 e. The molecule has 116 valence electrons. The Hall–Kier alpha value is -1.20. The Morgan fingerprint density at radius 1 is 1.29 bits per heavy atom. The van der Waals surface area contributed by atoms with Gasteiger partial charge < -0.3 is 5.32 Å². The van der Waals surface area contributed by atoms with E-state index in [4.69, 9.17) is 4.98 Å². The topological polar surface area (TPSA) is 42.7 Å². The lowest BCUT2D eigenvalue weighted by molar-refractivity contribution is 0.518. The molecule has 21 heavy (non-hydrogen) atoms. The molecule has 1 unspecified atom stereocenters. The van der Waals surface area contributed by atoms with E-state index in [-0.39, 0.29) is 11.5 Å². The maximum Gasteiger partial charge on any atom is 0.115 e. The number of rotatable bonds is 4. The molecule has 0 aliphatic heterocycles. The Labute approximate surface area is 131 Å². The van der Waals surface area contributed by atoms with Crippen molar-refractivity contribution in [2.75, 3.05) is 0 Å². The van der Waals surface area contributed by atoms with E-state index in [0.717, 1.165) is 16.4 Å². The third-order valence-corrected chi connectivity index (χ3v) is 4.31. The average molecular weight is 306 g/mol. The second kappa shape index (κ2) is 5.89. The van der Waals surface area contributed by atoms with E-state index in [1.54, 1.807) is 11.3 Å². The molecule has 0 aliphatic carbocycles. The second-order valence-electron chi connectivity index (χ2n) is 6.92. The normalized spacial score (nSPS) is 13.9. The molecular formula is C16H26N4S. The van der Waals surface area contributed by atoms with Gasteiger partial charge in [0.15, 0.2) is 0 Å². The molecule has 2 rings (SSSR count). The average Bonchev–Trinajstić information content (AvgIpc) is 2.92. The third kappa shape index (κ3) is 3.71. The Morgan fingerprint density at radius 2 is 1.95 bits per heavy atom. The molecule has 1 N–H and O–H groups in total. The van der Waals surface area contributed by atoms with Crippen LogP contribution < -0.4 is 5.32 Å². The van der Waals surface area contributed by atoms with Crippen molar-refractivity contribution >= 4 is 11.3 Å². The fourth-order valence-electron chi connectivity index (χ4n) is 2.29. The summed E-state index contributed by atoms with van der Waals surface area (Å²) < 4.78 is 1.87. The molecule has 4 nitrogen and oxygen atoms in total. The first kappa shape index (κ1) is 16.2. The molecule has 0 radical (unpaired) electrons. The van der Waals surface area contributed by atoms with Crippen LogP contribution in [0.5, 0.6) is 0 Å². The quantitative estimate of drug-likeness (QED) is 0.939. The van der Waals surface area contributed by atoms with E-state index < -0.39 is 0 Å². The molecule has 1 atom stereocenters. The number of aromatic nitrogens is 3. The zero-order chi connectivity index (χ0) is 15.8. The van der Waals surface area contributed by atoms with Gasteiger partial charge in [-0.25, -0.2) is 4.98 Å². The summed E-state index contributed by atoms with van der Waals surface area (Å²) in [6.07, 6.45) is 2.09. The summed E-state index contributed by atoms with van der Waals surface area (Å²) in [7, 11) is 1.96. The first-order chi connectivity index (χ1) is 9.68. The van der Waals surface area contributed by atoms with Crippen LogP contribution in [0.25, 0.3) is 0 Å². The van der Waals surface area contributed by atoms with Crippen LogP contribution in [-0.2, 0) is 12.5 Å². The maximum absolute atomic E-state index is 4.88. The van der Waals surface area contributed by atoms with Crippen molar-refractivity contribution in [3.05, 3.63) is 33.5 Å². The molecule has 0 fully saturated rings. The summed E-state index contributed by atoms with van der Waals surface area (Å²) >= 11 is 1.73. The highest BCUT2D eigenvalue weighted by Gasteiger charge is 2.25. The van der Waals surface area contributed by atoms with Gasteiger partial charge in [-0.1, -0.05) is 20.8 Å². The fourth-order valence-corrected chi connectivity index (χ4v) is 3.41. The fraction of sp³-hybridized carbons (Fsp3) is 0.625. The molecule has 0 saturated carbocycles. The zero-order valence-electron chi connectivity index (χ0n) is 14.1. The van der Waals surface area contributed by atoms with Crippen LogP contribution in [0.2, 0.25) is 0 Å². The number of hydrogen-bond donors (Lipinski definition) is 1. The summed E-state index contributed by atoms with van der Waals surface area (Å²) in [5, 5.41) is 11.4. The first-order valence-corrected chi connectivity index (χ1v) is 8.28. The lowest BCUT2D eigenvalue weighted by Crippen LogP contribution is -2.29. The summed E-state index contributed by atoms with van der Waals surface area (Å²) in [6.45, 7) is 13.0. The molecule has 2 aromatic heterocycles. The molecule has 0 amide bonds. The highest BCUT2D eigenvalue weighted by Crippen LogP contribution is 2.31. The molecule has 2 aromatic rings. The lowest BCUT2D eigenvalue weighted by Gasteiger charge is -2.19. The number of nitrogens with one attached hydrogen (secondary N) is 1. The largest absolute Gasteiger partial charge is 0.302 e. The minimum Gasteiger partial charge on any atom is -0.302 e. The van der Waals surface area contributed by atoms with Gasteiger partial charge in [-0.2, -0.15) is 5.10 Å². The van der Waals surface area contributed by atoms with Gasteiger partial charge in [0.05, 0.1) is 17.4 Å². The van der Waals surface area contributed by atoms with Gasteiger partial charge in [0.2, 0.25) is 0 Å². The Balaban J connectivity index is 2.41. The van der Waals surface area contributed by atoms with Crippen molar-refractivity contribution in [3.63, 3.8) is 0 Å². The van der Waals surface area contributed by atoms with Crippen LogP contribution in [0, 0.1) is 6.92 Å². The van der Waals surface area contributed by atoms with E-state index in [1.807, 2.05) is 11.7 Å². The Kier molecular flexibility index (Phi) is 4.54. The van der Waals surface area contributed by atoms with Crippen molar-refractivity contribution in [1.29, 1.82) is 0 Å². The summed E-state index contributed by atoms with van der Waals surface area (Å²) in [6, 6.07) is 0.497. The minimum absolute atomic E-state index is 0.0844. The Bertz CT molecular complexity index is 604. The number of thiazole rings is 1. The van der Waals surface area contributed by atoms with Crippen LogP contribution in [0.3, 0.4) is 0 Å².